The van der Waals surface area contributed by atoms with Crippen molar-refractivity contribution in [1.29, 1.82) is 0 Å². The van der Waals surface area contributed by atoms with Crippen molar-refractivity contribution in [2.45, 2.75) is 57.9 Å². The van der Waals surface area contributed by atoms with Crippen molar-refractivity contribution >= 4 is 29.1 Å². The van der Waals surface area contributed by atoms with Gasteiger partial charge < -0.3 is 24.5 Å². The van der Waals surface area contributed by atoms with E-state index in [1.165, 1.54) is 0 Å². The Labute approximate surface area is 247 Å². The number of aliphatic hydroxyl groups excluding tert-OH is 1. The van der Waals surface area contributed by atoms with E-state index >= 15 is 0 Å². The van der Waals surface area contributed by atoms with Crippen LogP contribution in [0.25, 0.3) is 0 Å². The van der Waals surface area contributed by atoms with Gasteiger partial charge in [-0.2, -0.15) is 0 Å². The first-order chi connectivity index (χ1) is 20.2. The number of carbonyl (C=O) groups excluding carboxylic acids is 3. The molecule has 0 saturated carbocycles. The summed E-state index contributed by atoms with van der Waals surface area (Å²) >= 11 is 0. The third-order valence-corrected chi connectivity index (χ3v) is 9.22. The Morgan fingerprint density at radius 3 is 2.26 bits per heavy atom. The number of ether oxygens (including phenoxy) is 1. The van der Waals surface area contributed by atoms with Crippen molar-refractivity contribution in [2.75, 3.05) is 29.5 Å². The Bertz CT molecular complexity index is 1430. The molecule has 42 heavy (non-hydrogen) atoms. The van der Waals surface area contributed by atoms with Crippen LogP contribution < -0.4 is 9.80 Å². The number of aryl methyl sites for hydroxylation is 2. The second-order valence-corrected chi connectivity index (χ2v) is 12.4. The summed E-state index contributed by atoms with van der Waals surface area (Å²) in [5.74, 6) is -2.33. The molecule has 1 spiro atoms. The summed E-state index contributed by atoms with van der Waals surface area (Å²) in [6.45, 7) is 8.39. The summed E-state index contributed by atoms with van der Waals surface area (Å²) in [6, 6.07) is 13.7. The maximum absolute atomic E-state index is 14.8. The minimum atomic E-state index is -1.35. The fourth-order valence-corrected chi connectivity index (χ4v) is 7.56. The number of benzene rings is 2. The minimum Gasteiger partial charge on any atom is -0.394 e. The Hall–Kier alpha value is -3.75. The van der Waals surface area contributed by atoms with Crippen LogP contribution in [0.5, 0.6) is 0 Å². The predicted molar refractivity (Wildman–Crippen MR) is 161 cm³/mol. The number of hydrogen-bond donors (Lipinski definition) is 1. The highest BCUT2D eigenvalue weighted by molar-refractivity contribution is 6.08. The van der Waals surface area contributed by atoms with Gasteiger partial charge in [0, 0.05) is 24.5 Å². The highest BCUT2D eigenvalue weighted by Crippen LogP contribution is 2.54. The molecule has 6 rings (SSSR count). The first-order valence-electron chi connectivity index (χ1n) is 14.9. The van der Waals surface area contributed by atoms with Crippen LogP contribution in [0.2, 0.25) is 0 Å². The second kappa shape index (κ2) is 10.8. The van der Waals surface area contributed by atoms with E-state index in [-0.39, 0.29) is 30.2 Å². The van der Waals surface area contributed by atoms with Gasteiger partial charge in [-0.15, -0.1) is 0 Å². The maximum atomic E-state index is 14.8. The number of amides is 3. The molecule has 4 aliphatic rings. The molecule has 4 heterocycles. The highest BCUT2D eigenvalue weighted by atomic mass is 16.5. The van der Waals surface area contributed by atoms with Crippen molar-refractivity contribution < 1.29 is 24.2 Å². The third kappa shape index (κ3) is 4.31. The van der Waals surface area contributed by atoms with E-state index in [1.54, 1.807) is 14.7 Å². The summed E-state index contributed by atoms with van der Waals surface area (Å²) in [5, 5.41) is 10.6. The van der Waals surface area contributed by atoms with E-state index in [2.05, 4.69) is 0 Å². The molecule has 8 nitrogen and oxygen atoms in total. The van der Waals surface area contributed by atoms with Crippen LogP contribution in [0.15, 0.2) is 72.8 Å². The lowest BCUT2D eigenvalue weighted by atomic mass is 9.77. The number of aliphatic hydroxyl groups is 1. The lowest BCUT2D eigenvalue weighted by Crippen LogP contribution is -2.58. The normalized spacial score (nSPS) is 29.5. The van der Waals surface area contributed by atoms with Gasteiger partial charge in [-0.1, -0.05) is 74.5 Å². The summed E-state index contributed by atoms with van der Waals surface area (Å²) < 4.78 is 6.80. The number of carbonyl (C=O) groups is 3. The van der Waals surface area contributed by atoms with Crippen molar-refractivity contribution in [3.05, 3.63) is 84.0 Å². The van der Waals surface area contributed by atoms with Crippen LogP contribution in [-0.2, 0) is 19.1 Å². The van der Waals surface area contributed by atoms with Gasteiger partial charge in [0.2, 0.25) is 11.8 Å². The van der Waals surface area contributed by atoms with Crippen LogP contribution >= 0.6 is 0 Å². The lowest BCUT2D eigenvalue weighted by molar-refractivity contribution is -0.144. The fraction of sp³-hybridized carbons (Fsp3) is 0.441. The molecule has 2 saturated heterocycles. The van der Waals surface area contributed by atoms with E-state index in [0.717, 1.165) is 22.5 Å². The molecule has 2 fully saturated rings. The molecule has 0 aromatic heterocycles. The molecule has 2 aromatic carbocycles. The summed E-state index contributed by atoms with van der Waals surface area (Å²) in [4.78, 5) is 48.8. The van der Waals surface area contributed by atoms with Gasteiger partial charge in [-0.25, -0.2) is 0 Å². The molecule has 6 atom stereocenters. The fourth-order valence-electron chi connectivity index (χ4n) is 7.56. The molecule has 220 valence electrons. The van der Waals surface area contributed by atoms with E-state index in [9.17, 15) is 19.5 Å². The number of hydrogen-bond acceptors (Lipinski definition) is 5. The molecule has 3 amide bonds. The van der Waals surface area contributed by atoms with Crippen LogP contribution in [0.3, 0.4) is 0 Å². The zero-order chi connectivity index (χ0) is 29.8. The molecular formula is C34H39N3O5. The smallest absolute Gasteiger partial charge is 0.253 e. The third-order valence-electron chi connectivity index (χ3n) is 9.22. The average Bonchev–Trinajstić information content (AvgIpc) is 3.28. The molecule has 1 N–H and O–H groups in total. The predicted octanol–water partition coefficient (Wildman–Crippen LogP) is 3.80. The van der Waals surface area contributed by atoms with Gasteiger partial charge in [-0.3, -0.25) is 14.4 Å². The molecular weight excluding hydrogens is 530 g/mol. The van der Waals surface area contributed by atoms with Gasteiger partial charge in [0.05, 0.1) is 30.6 Å². The van der Waals surface area contributed by atoms with Crippen LogP contribution in [-0.4, -0.2) is 71.2 Å². The topological polar surface area (TPSA) is 90.4 Å². The monoisotopic (exact) mass is 569 g/mol. The van der Waals surface area contributed by atoms with Crippen molar-refractivity contribution in [3.8, 4) is 0 Å². The minimum absolute atomic E-state index is 0.169. The Morgan fingerprint density at radius 1 is 0.905 bits per heavy atom. The van der Waals surface area contributed by atoms with E-state index < -0.39 is 35.6 Å². The summed E-state index contributed by atoms with van der Waals surface area (Å²) in [7, 11) is 0. The summed E-state index contributed by atoms with van der Waals surface area (Å²) in [5.41, 5.74) is 2.11. The zero-order valence-corrected chi connectivity index (χ0v) is 24.6. The first kappa shape index (κ1) is 28.4. The number of nitrogens with zero attached hydrogens (tertiary/aromatic N) is 3. The number of para-hydroxylation sites is 2. The Balaban J connectivity index is 1.49. The number of anilines is 2. The molecule has 2 aromatic rings. The SMILES string of the molecule is Cc1cccc(C)c1N1CC=C[C@]23O[C@@H]4C=CCN(c5ccccc5)C(=O)[C@@H]4[C@H]2C(=O)N([C@@H](CO)CC(C)C)C3C1=O. The number of rotatable bonds is 6. The van der Waals surface area contributed by atoms with Gasteiger partial charge in [-0.05, 0) is 49.4 Å². The largest absolute Gasteiger partial charge is 0.394 e. The molecule has 0 radical (unpaired) electrons. The van der Waals surface area contributed by atoms with Crippen LogP contribution in [0.4, 0.5) is 11.4 Å². The van der Waals surface area contributed by atoms with Gasteiger partial charge >= 0.3 is 0 Å². The Kier molecular flexibility index (Phi) is 7.31. The maximum Gasteiger partial charge on any atom is 0.253 e. The summed E-state index contributed by atoms with van der Waals surface area (Å²) in [6.07, 6.45) is 7.39. The zero-order valence-electron chi connectivity index (χ0n) is 24.6. The van der Waals surface area contributed by atoms with Crippen molar-refractivity contribution in [2.24, 2.45) is 17.8 Å². The van der Waals surface area contributed by atoms with Crippen LogP contribution in [0, 0.1) is 31.6 Å². The van der Waals surface area contributed by atoms with Crippen molar-refractivity contribution in [3.63, 3.8) is 0 Å². The van der Waals surface area contributed by atoms with Gasteiger partial charge in [0.25, 0.3) is 5.91 Å². The van der Waals surface area contributed by atoms with E-state index in [0.29, 0.717) is 19.5 Å². The van der Waals surface area contributed by atoms with E-state index in [1.807, 2.05) is 101 Å². The molecule has 4 aliphatic heterocycles. The second-order valence-electron chi connectivity index (χ2n) is 12.4. The standard InChI is InChI=1S/C34H39N3O5/c1-21(2)19-25(20-38)37-30-33(41)36(29-22(3)11-8-12-23(29)4)18-10-16-34(30)28(32(37)40)27-26(42-34)15-9-17-35(31(27)39)24-13-6-5-7-14-24/h5-16,21,25-28,30,38H,17-20H2,1-4H3/t25-,26-,27+,28+,30?,34+/m1/s1. The lowest BCUT2D eigenvalue weighted by Gasteiger charge is -2.39. The molecule has 0 aliphatic carbocycles. The first-order valence-corrected chi connectivity index (χ1v) is 14.9. The number of likely N-dealkylation sites (tertiary alicyclic amines) is 1. The molecule has 0 bridgehead atoms. The number of fused-ring (bicyclic) bond motifs is 2. The highest BCUT2D eigenvalue weighted by Gasteiger charge is 2.72. The van der Waals surface area contributed by atoms with Crippen molar-refractivity contribution in [1.82, 2.24) is 4.90 Å². The van der Waals surface area contributed by atoms with Crippen LogP contribution in [0.1, 0.15) is 31.4 Å². The Morgan fingerprint density at radius 2 is 1.60 bits per heavy atom. The van der Waals surface area contributed by atoms with Gasteiger partial charge in [0.15, 0.2) is 0 Å². The molecule has 8 heteroatoms. The average molecular weight is 570 g/mol. The molecule has 1 unspecified atom stereocenters. The quantitative estimate of drug-likeness (QED) is 0.535. The van der Waals surface area contributed by atoms with Gasteiger partial charge in [0.1, 0.15) is 11.6 Å². The van der Waals surface area contributed by atoms with E-state index in [4.69, 9.17) is 4.74 Å².